The molecule has 1 fully saturated rings. The summed E-state index contributed by atoms with van der Waals surface area (Å²) in [5, 5.41) is 0. The Hall–Kier alpha value is -2.42. The predicted molar refractivity (Wildman–Crippen MR) is 96.2 cm³/mol. The Morgan fingerprint density at radius 3 is 1.48 bits per heavy atom. The Balaban J connectivity index is 3.59. The first kappa shape index (κ1) is 24.6. The molecule has 1 aliphatic rings. The van der Waals surface area contributed by atoms with Gasteiger partial charge in [-0.1, -0.05) is 0 Å². The van der Waals surface area contributed by atoms with Gasteiger partial charge in [0.15, 0.2) is 24.2 Å². The van der Waals surface area contributed by atoms with Crippen LogP contribution in [0, 0.1) is 0 Å². The van der Waals surface area contributed by atoms with E-state index in [1.807, 2.05) is 0 Å². The molecule has 0 saturated carbocycles. The normalized spacial score (nSPS) is 31.2. The van der Waals surface area contributed by atoms with E-state index >= 15 is 0 Å². The van der Waals surface area contributed by atoms with Gasteiger partial charge in [0.05, 0.1) is 5.66 Å². The minimum Gasteiger partial charge on any atom is -0.465 e. The number of esters is 5. The lowest BCUT2D eigenvalue weighted by Crippen LogP contribution is -2.61. The van der Waals surface area contributed by atoms with Crippen LogP contribution in [-0.4, -0.2) is 72.9 Å². The summed E-state index contributed by atoms with van der Waals surface area (Å²) in [7, 11) is -3.69. The van der Waals surface area contributed by atoms with Gasteiger partial charge in [-0.2, -0.15) is 0 Å². The molecule has 0 amide bonds. The van der Waals surface area contributed by atoms with E-state index in [9.17, 15) is 28.5 Å². The summed E-state index contributed by atoms with van der Waals surface area (Å²) in [5.41, 5.74) is -1.18. The average Bonchev–Trinajstić information content (AvgIpc) is 2.52. The molecule has 0 radical (unpaired) electrons. The SMILES string of the molecule is CC(=O)OC[C@H]1[C@@H](OC(C)=O)[C@H](OC(C)=O)[C@H](OC(C)=O)[C@H](OC(C)=O)[P@@]1(C)=O. The molecule has 0 N–H and O–H groups in total. The number of carbonyl (C=O) groups is 5. The van der Waals surface area contributed by atoms with E-state index in [1.165, 1.54) is 6.66 Å². The lowest BCUT2D eigenvalue weighted by atomic mass is 10.0. The molecule has 1 rings (SSSR count). The van der Waals surface area contributed by atoms with E-state index in [1.54, 1.807) is 0 Å². The van der Waals surface area contributed by atoms with Gasteiger partial charge in [0.25, 0.3) is 0 Å². The second-order valence-electron chi connectivity index (χ2n) is 6.65. The van der Waals surface area contributed by atoms with E-state index in [-0.39, 0.29) is 0 Å². The summed E-state index contributed by atoms with van der Waals surface area (Å²) in [6.45, 7) is 6.16. The summed E-state index contributed by atoms with van der Waals surface area (Å²) >= 11 is 0. The van der Waals surface area contributed by atoms with Gasteiger partial charge in [-0.05, 0) is 6.66 Å². The van der Waals surface area contributed by atoms with E-state index in [0.717, 1.165) is 34.6 Å². The highest BCUT2D eigenvalue weighted by molar-refractivity contribution is 7.64. The van der Waals surface area contributed by atoms with Crippen molar-refractivity contribution >= 4 is 37.0 Å². The minimum absolute atomic E-state index is 0.469. The third-order valence-electron chi connectivity index (χ3n) is 4.12. The summed E-state index contributed by atoms with van der Waals surface area (Å²) in [4.78, 5) is 57.9. The molecule has 0 aromatic carbocycles. The Bertz CT molecular complexity index is 731. The molecule has 0 spiro atoms. The van der Waals surface area contributed by atoms with Gasteiger partial charge >= 0.3 is 29.8 Å². The second-order valence-corrected chi connectivity index (χ2v) is 9.94. The van der Waals surface area contributed by atoms with Crippen LogP contribution in [0.15, 0.2) is 0 Å². The van der Waals surface area contributed by atoms with Crippen molar-refractivity contribution in [1.29, 1.82) is 0 Å². The molecular weight excluding hydrogens is 411 g/mol. The number of rotatable bonds is 6. The fraction of sp³-hybridized carbons (Fsp3) is 0.706. The van der Waals surface area contributed by atoms with E-state index in [0.29, 0.717) is 0 Å². The van der Waals surface area contributed by atoms with Crippen LogP contribution in [0.4, 0.5) is 0 Å². The molecule has 0 aromatic heterocycles. The van der Waals surface area contributed by atoms with Crippen molar-refractivity contribution in [2.45, 2.75) is 64.4 Å². The predicted octanol–water partition coefficient (Wildman–Crippen LogP) is 0.609. The smallest absolute Gasteiger partial charge is 0.303 e. The maximum Gasteiger partial charge on any atom is 0.303 e. The van der Waals surface area contributed by atoms with Crippen molar-refractivity contribution in [3.05, 3.63) is 0 Å². The third kappa shape index (κ3) is 6.56. The Kier molecular flexibility index (Phi) is 8.37. The minimum atomic E-state index is -3.69. The van der Waals surface area contributed by atoms with E-state index in [2.05, 4.69) is 0 Å². The molecule has 1 aliphatic heterocycles. The molecule has 0 unspecified atom stereocenters. The second kappa shape index (κ2) is 9.87. The highest BCUT2D eigenvalue weighted by atomic mass is 31.2. The summed E-state index contributed by atoms with van der Waals surface area (Å²) in [6, 6.07) is 0. The van der Waals surface area contributed by atoms with E-state index in [4.69, 9.17) is 23.7 Å². The number of hydrogen-bond donors (Lipinski definition) is 0. The first-order valence-electron chi connectivity index (χ1n) is 8.66. The standard InChI is InChI=1S/C17H25O11P/c1-8(18)24-7-13-14(25-9(2)19)15(26-10(3)20)16(27-11(4)21)17(28-12(5)22)29(13,6)23/h13-17H,7H2,1-6H3/t13-,14+,15-,16-,17+,29-/m0/s1. The Morgan fingerprint density at radius 1 is 0.655 bits per heavy atom. The highest BCUT2D eigenvalue weighted by Gasteiger charge is 2.61. The summed E-state index contributed by atoms with van der Waals surface area (Å²) in [5.74, 6) is -5.47. The van der Waals surface area contributed by atoms with Gasteiger partial charge in [-0.15, -0.1) is 0 Å². The molecule has 0 aliphatic carbocycles. The van der Waals surface area contributed by atoms with Crippen LogP contribution < -0.4 is 0 Å². The Labute approximate surface area is 167 Å². The quantitative estimate of drug-likeness (QED) is 0.327. The molecule has 0 aromatic rings. The summed E-state index contributed by atoms with van der Waals surface area (Å²) < 4.78 is 39.4. The van der Waals surface area contributed by atoms with Gasteiger partial charge in [-0.25, -0.2) is 0 Å². The first-order chi connectivity index (χ1) is 13.3. The molecule has 1 saturated heterocycles. The average molecular weight is 436 g/mol. The van der Waals surface area contributed by atoms with E-state index < -0.39 is 73.4 Å². The van der Waals surface area contributed by atoms with Crippen molar-refractivity contribution in [1.82, 2.24) is 0 Å². The van der Waals surface area contributed by atoms with Crippen molar-refractivity contribution in [2.24, 2.45) is 0 Å². The molecule has 1 heterocycles. The molecule has 29 heavy (non-hydrogen) atoms. The van der Waals surface area contributed by atoms with Gasteiger partial charge in [-0.3, -0.25) is 24.0 Å². The molecular formula is C17H25O11P. The Morgan fingerprint density at radius 2 is 1.07 bits per heavy atom. The maximum absolute atomic E-state index is 13.7. The van der Waals surface area contributed by atoms with Crippen LogP contribution in [0.2, 0.25) is 0 Å². The fourth-order valence-electron chi connectivity index (χ4n) is 3.11. The van der Waals surface area contributed by atoms with Crippen molar-refractivity contribution in [3.8, 4) is 0 Å². The van der Waals surface area contributed by atoms with Crippen LogP contribution >= 0.6 is 7.14 Å². The highest BCUT2D eigenvalue weighted by Crippen LogP contribution is 2.60. The zero-order chi connectivity index (χ0) is 22.5. The van der Waals surface area contributed by atoms with Crippen molar-refractivity contribution in [2.75, 3.05) is 13.3 Å². The molecule has 0 bridgehead atoms. The zero-order valence-electron chi connectivity index (χ0n) is 17.0. The summed E-state index contributed by atoms with van der Waals surface area (Å²) in [6.07, 6.45) is -4.34. The number of ether oxygens (including phenoxy) is 5. The molecule has 6 atom stereocenters. The number of carbonyl (C=O) groups excluding carboxylic acids is 5. The van der Waals surface area contributed by atoms with Crippen LogP contribution in [0.3, 0.4) is 0 Å². The lowest BCUT2D eigenvalue weighted by Gasteiger charge is -2.47. The van der Waals surface area contributed by atoms with Crippen LogP contribution in [0.25, 0.3) is 0 Å². The van der Waals surface area contributed by atoms with Crippen LogP contribution in [-0.2, 0) is 52.2 Å². The van der Waals surface area contributed by atoms with Gasteiger partial charge < -0.3 is 28.2 Å². The first-order valence-corrected chi connectivity index (χ1v) is 11.0. The van der Waals surface area contributed by atoms with Crippen LogP contribution in [0.1, 0.15) is 34.6 Å². The fourth-order valence-corrected chi connectivity index (χ4v) is 5.84. The van der Waals surface area contributed by atoms with Gasteiger partial charge in [0.2, 0.25) is 0 Å². The monoisotopic (exact) mass is 436 g/mol. The molecule has 11 nitrogen and oxygen atoms in total. The molecule has 164 valence electrons. The lowest BCUT2D eigenvalue weighted by molar-refractivity contribution is -0.197. The van der Waals surface area contributed by atoms with Gasteiger partial charge in [0.1, 0.15) is 13.7 Å². The molecule has 12 heteroatoms. The van der Waals surface area contributed by atoms with Crippen molar-refractivity contribution < 1.29 is 52.2 Å². The third-order valence-corrected chi connectivity index (χ3v) is 7.29. The maximum atomic E-state index is 13.7. The largest absolute Gasteiger partial charge is 0.465 e. The van der Waals surface area contributed by atoms with Crippen molar-refractivity contribution in [3.63, 3.8) is 0 Å². The van der Waals surface area contributed by atoms with Gasteiger partial charge in [0, 0.05) is 34.6 Å². The number of hydrogen-bond acceptors (Lipinski definition) is 11. The topological polar surface area (TPSA) is 149 Å². The zero-order valence-corrected chi connectivity index (χ0v) is 17.9. The van der Waals surface area contributed by atoms with Crippen LogP contribution in [0.5, 0.6) is 0 Å².